The van der Waals surface area contributed by atoms with Crippen molar-refractivity contribution in [1.29, 1.82) is 0 Å². The van der Waals surface area contributed by atoms with Gasteiger partial charge in [0.25, 0.3) is 0 Å². The zero-order valence-corrected chi connectivity index (χ0v) is 18.9. The van der Waals surface area contributed by atoms with Crippen molar-refractivity contribution in [2.75, 3.05) is 0 Å². The SMILES string of the molecule is CC(C)(C)C1=CC[C-]=C1.Cc1cc(O)cc(C(C)(C)C)c1.[Cl-].[Cl-].[Ti]. The van der Waals surface area contributed by atoms with Gasteiger partial charge in [-0.15, -0.1) is 6.42 Å². The Kier molecular flexibility index (Phi) is 13.6. The van der Waals surface area contributed by atoms with E-state index in [2.05, 4.69) is 65.8 Å². The van der Waals surface area contributed by atoms with Crippen molar-refractivity contribution in [3.63, 3.8) is 0 Å². The van der Waals surface area contributed by atoms with Gasteiger partial charge >= 0.3 is 0 Å². The van der Waals surface area contributed by atoms with E-state index < -0.39 is 0 Å². The summed E-state index contributed by atoms with van der Waals surface area (Å²) in [6.45, 7) is 15.1. The number of allylic oxidation sites excluding steroid dienone is 4. The Hall–Kier alpha value is -0.206. The van der Waals surface area contributed by atoms with Gasteiger partial charge < -0.3 is 29.9 Å². The van der Waals surface area contributed by atoms with Crippen LogP contribution in [0, 0.1) is 18.4 Å². The molecule has 0 amide bonds. The van der Waals surface area contributed by atoms with Gasteiger partial charge in [-0.05, 0) is 35.6 Å². The molecule has 0 bridgehead atoms. The van der Waals surface area contributed by atoms with Crippen molar-refractivity contribution in [2.24, 2.45) is 5.41 Å². The Balaban J connectivity index is -0.000000336. The Labute approximate surface area is 175 Å². The summed E-state index contributed by atoms with van der Waals surface area (Å²) in [4.78, 5) is 0. The van der Waals surface area contributed by atoms with Crippen molar-refractivity contribution in [3.8, 4) is 5.75 Å². The summed E-state index contributed by atoms with van der Waals surface area (Å²) in [5.41, 5.74) is 4.15. The fourth-order valence-electron chi connectivity index (χ4n) is 2.12. The number of benzene rings is 1. The van der Waals surface area contributed by atoms with Crippen molar-refractivity contribution in [3.05, 3.63) is 53.1 Å². The van der Waals surface area contributed by atoms with E-state index in [1.807, 2.05) is 13.0 Å². The topological polar surface area (TPSA) is 20.2 Å². The van der Waals surface area contributed by atoms with Crippen molar-refractivity contribution < 1.29 is 51.6 Å². The fourth-order valence-corrected chi connectivity index (χ4v) is 2.12. The number of halogens is 2. The molecule has 1 nitrogen and oxygen atoms in total. The Morgan fingerprint density at radius 3 is 1.75 bits per heavy atom. The summed E-state index contributed by atoms with van der Waals surface area (Å²) in [6.07, 6.45) is 8.50. The number of phenols is 1. The summed E-state index contributed by atoms with van der Waals surface area (Å²) in [5, 5.41) is 9.36. The third-order valence-electron chi connectivity index (χ3n) is 3.49. The molecule has 0 aliphatic heterocycles. The summed E-state index contributed by atoms with van der Waals surface area (Å²) in [7, 11) is 0. The number of hydrogen-bond donors (Lipinski definition) is 1. The first-order valence-electron chi connectivity index (χ1n) is 7.58. The van der Waals surface area contributed by atoms with Crippen molar-refractivity contribution in [1.82, 2.24) is 0 Å². The average Bonchev–Trinajstić information content (AvgIpc) is 2.79. The molecule has 1 aromatic carbocycles. The minimum Gasteiger partial charge on any atom is -1.00 e. The molecule has 136 valence electrons. The van der Waals surface area contributed by atoms with Crippen LogP contribution >= 0.6 is 0 Å². The van der Waals surface area contributed by atoms with Crippen molar-refractivity contribution in [2.45, 2.75) is 60.3 Å². The summed E-state index contributed by atoms with van der Waals surface area (Å²) in [6, 6.07) is 5.71. The number of aryl methyl sites for hydroxylation is 1. The van der Waals surface area contributed by atoms with Crippen LogP contribution in [0.1, 0.15) is 59.1 Å². The zero-order valence-electron chi connectivity index (χ0n) is 15.8. The Bertz CT molecular complexity index is 529. The molecule has 2 rings (SSSR count). The second-order valence-electron chi connectivity index (χ2n) is 7.77. The van der Waals surface area contributed by atoms with Crippen LogP contribution < -0.4 is 24.8 Å². The number of hydrogen-bond acceptors (Lipinski definition) is 1. The van der Waals surface area contributed by atoms with Gasteiger partial charge in [0.2, 0.25) is 0 Å². The average molecular weight is 404 g/mol. The molecule has 0 fully saturated rings. The van der Waals surface area contributed by atoms with Gasteiger partial charge in [-0.25, -0.2) is 6.08 Å². The Morgan fingerprint density at radius 2 is 1.46 bits per heavy atom. The van der Waals surface area contributed by atoms with E-state index in [1.165, 1.54) is 11.1 Å². The van der Waals surface area contributed by atoms with E-state index in [0.29, 0.717) is 11.2 Å². The van der Waals surface area contributed by atoms with Crippen LogP contribution in [0.25, 0.3) is 0 Å². The van der Waals surface area contributed by atoms with E-state index in [1.54, 1.807) is 6.07 Å². The van der Waals surface area contributed by atoms with Crippen LogP contribution in [0.15, 0.2) is 35.9 Å². The number of aromatic hydroxyl groups is 1. The maximum Gasteiger partial charge on any atom is 0.116 e. The van der Waals surface area contributed by atoms with Crippen molar-refractivity contribution >= 4 is 0 Å². The molecule has 4 heteroatoms. The zero-order chi connectivity index (χ0) is 16.3. The molecule has 0 radical (unpaired) electrons. The maximum atomic E-state index is 9.36. The predicted molar refractivity (Wildman–Crippen MR) is 91.5 cm³/mol. The van der Waals surface area contributed by atoms with Gasteiger partial charge in [-0.3, -0.25) is 6.08 Å². The number of rotatable bonds is 0. The molecule has 0 saturated carbocycles. The maximum absolute atomic E-state index is 9.36. The third-order valence-corrected chi connectivity index (χ3v) is 3.49. The van der Waals surface area contributed by atoms with E-state index in [-0.39, 0.29) is 51.9 Å². The molecule has 1 N–H and O–H groups in total. The van der Waals surface area contributed by atoms with E-state index >= 15 is 0 Å². The largest absolute Gasteiger partial charge is 1.00 e. The fraction of sp³-hybridized carbons (Fsp3) is 0.500. The van der Waals surface area contributed by atoms with Gasteiger partial charge in [0.05, 0.1) is 0 Å². The second-order valence-corrected chi connectivity index (χ2v) is 7.77. The molecular formula is C20H29Cl2OTi-3. The quantitative estimate of drug-likeness (QED) is 0.466. The third kappa shape index (κ3) is 9.94. The molecule has 1 aliphatic carbocycles. The van der Waals surface area contributed by atoms with Crippen LogP contribution in [-0.4, -0.2) is 5.11 Å². The van der Waals surface area contributed by atoms with Crippen LogP contribution in [0.2, 0.25) is 0 Å². The van der Waals surface area contributed by atoms with Gasteiger partial charge in [0.15, 0.2) is 0 Å². The van der Waals surface area contributed by atoms with E-state index in [4.69, 9.17) is 0 Å². The summed E-state index contributed by atoms with van der Waals surface area (Å²) >= 11 is 0. The molecule has 0 unspecified atom stereocenters. The summed E-state index contributed by atoms with van der Waals surface area (Å²) in [5.74, 6) is 0.361. The minimum absolute atomic E-state index is 0. The smallest absolute Gasteiger partial charge is 0.116 e. The van der Waals surface area contributed by atoms with Crippen LogP contribution in [0.3, 0.4) is 0 Å². The molecule has 1 aliphatic rings. The van der Waals surface area contributed by atoms with Gasteiger partial charge in [-0.2, -0.15) is 11.6 Å². The van der Waals surface area contributed by atoms with E-state index in [0.717, 1.165) is 12.0 Å². The molecule has 0 saturated heterocycles. The van der Waals surface area contributed by atoms with E-state index in [9.17, 15) is 5.11 Å². The Morgan fingerprint density at radius 1 is 0.917 bits per heavy atom. The standard InChI is InChI=1S/C11H16O.C9H13.2ClH.Ti/c1-8-5-9(11(2,3)4)7-10(12)6-8;1-9(2,3)8-6-4-5-7-8;;;/h5-7,12H,1-4H3;6-7H,4H2,1-3H3;2*1H;/q;-1;;;/p-2. The van der Waals surface area contributed by atoms with Gasteiger partial charge in [-0.1, -0.05) is 53.0 Å². The first kappa shape index (κ1) is 28.6. The molecular weight excluding hydrogens is 375 g/mol. The van der Waals surface area contributed by atoms with Gasteiger partial charge in [0.1, 0.15) is 5.75 Å². The van der Waals surface area contributed by atoms with Gasteiger partial charge in [0, 0.05) is 21.7 Å². The number of phenolic OH excluding ortho intramolecular Hbond substituents is 1. The monoisotopic (exact) mass is 403 g/mol. The second kappa shape index (κ2) is 11.4. The normalized spacial score (nSPS) is 12.7. The predicted octanol–water partition coefficient (Wildman–Crippen LogP) is -0.274. The molecule has 0 aromatic heterocycles. The van der Waals surface area contributed by atoms with Crippen LogP contribution in [-0.2, 0) is 27.1 Å². The molecule has 0 spiro atoms. The minimum atomic E-state index is 0. The van der Waals surface area contributed by atoms with Crippen LogP contribution in [0.4, 0.5) is 0 Å². The molecule has 1 aromatic rings. The molecule has 24 heavy (non-hydrogen) atoms. The molecule has 0 heterocycles. The first-order valence-corrected chi connectivity index (χ1v) is 7.58. The first-order chi connectivity index (χ1) is 9.50. The van der Waals surface area contributed by atoms with Crippen LogP contribution in [0.5, 0.6) is 5.75 Å². The molecule has 0 atom stereocenters. The summed E-state index contributed by atoms with van der Waals surface area (Å²) < 4.78 is 0.